The zero-order chi connectivity index (χ0) is 22.5. The lowest BCUT2D eigenvalue weighted by Crippen LogP contribution is -2.52. The lowest BCUT2D eigenvalue weighted by atomic mass is 9.70. The maximum absolute atomic E-state index is 12.5. The van der Waals surface area contributed by atoms with Gasteiger partial charge in [0, 0.05) is 22.7 Å². The number of aliphatic hydroxyl groups is 2. The summed E-state index contributed by atoms with van der Waals surface area (Å²) in [7, 11) is 1.49. The number of hydrogen-bond donors (Lipinski definition) is 2. The largest absolute Gasteiger partial charge is 0.495 e. The van der Waals surface area contributed by atoms with Crippen LogP contribution in [-0.2, 0) is 11.2 Å². The van der Waals surface area contributed by atoms with Crippen molar-refractivity contribution in [3.63, 3.8) is 0 Å². The minimum absolute atomic E-state index is 0.0490. The lowest BCUT2D eigenvalue weighted by molar-refractivity contribution is -0.152. The average molecular weight is 493 g/mol. The minimum Gasteiger partial charge on any atom is -0.495 e. The van der Waals surface area contributed by atoms with Crippen molar-refractivity contribution < 1.29 is 19.7 Å². The number of ether oxygens (including phenoxy) is 2. The van der Waals surface area contributed by atoms with Crippen molar-refractivity contribution in [1.82, 2.24) is 4.98 Å². The van der Waals surface area contributed by atoms with Crippen molar-refractivity contribution in [2.24, 2.45) is 5.92 Å². The molecule has 0 bridgehead atoms. The first-order chi connectivity index (χ1) is 15.5. The van der Waals surface area contributed by atoms with Gasteiger partial charge in [-0.3, -0.25) is 4.98 Å². The van der Waals surface area contributed by atoms with Gasteiger partial charge in [0.2, 0.25) is 0 Å². The highest BCUT2D eigenvalue weighted by Gasteiger charge is 2.76. The maximum atomic E-state index is 12.5. The Kier molecular flexibility index (Phi) is 4.97. The average Bonchev–Trinajstić information content (AvgIpc) is 3.19. The Morgan fingerprint density at radius 3 is 2.53 bits per heavy atom. The molecule has 0 unspecified atom stereocenters. The van der Waals surface area contributed by atoms with Crippen LogP contribution in [0, 0.1) is 17.2 Å². The van der Waals surface area contributed by atoms with Crippen LogP contribution in [0.5, 0.6) is 11.5 Å². The molecule has 6 nitrogen and oxygen atoms in total. The van der Waals surface area contributed by atoms with Crippen LogP contribution in [0.2, 0.25) is 0 Å². The number of aliphatic hydroxyl groups excluding tert-OH is 1. The van der Waals surface area contributed by atoms with Gasteiger partial charge in [0.05, 0.1) is 37.2 Å². The smallest absolute Gasteiger partial charge is 0.177 e. The second-order valence-corrected chi connectivity index (χ2v) is 9.10. The minimum atomic E-state index is -1.87. The van der Waals surface area contributed by atoms with Crippen LogP contribution in [0.15, 0.2) is 71.5 Å². The number of fused-ring (bicyclic) bond motifs is 3. The number of nitriles is 1. The fraction of sp³-hybridized carbons (Fsp3) is 0.280. The number of benzene rings is 2. The third-order valence-corrected chi connectivity index (χ3v) is 7.30. The Labute approximate surface area is 194 Å². The molecule has 0 amide bonds. The molecule has 162 valence electrons. The highest BCUT2D eigenvalue weighted by Crippen LogP contribution is 2.70. The molecule has 2 heterocycles. The fourth-order valence-electron chi connectivity index (χ4n) is 5.56. The SMILES string of the molecule is COc1cncc2c1[C@]1(O)[C@H](O)[C@H](CC#N)[C@@H](c3ccccc3)[C@]1(c1ccc(Br)cc1)O2. The first kappa shape index (κ1) is 21.0. The van der Waals surface area contributed by atoms with Crippen LogP contribution in [-0.4, -0.2) is 28.4 Å². The third-order valence-electron chi connectivity index (χ3n) is 6.77. The molecule has 2 N–H and O–H groups in total. The number of pyridine rings is 1. The number of nitrogens with zero attached hydrogens (tertiary/aromatic N) is 2. The standard InChI is InChI=1S/C25H21BrN2O4/c1-31-19-13-28-14-20-22(19)24(30)23(29)18(11-12-27)21(15-5-3-2-4-6-15)25(24,32-20)16-7-9-17(26)10-8-16/h2-10,13-14,18,21,23,29-30H,11H2,1H3/t18-,21-,23-,24+,25+/m1/s1. The molecule has 1 saturated carbocycles. The molecule has 2 aromatic carbocycles. The van der Waals surface area contributed by atoms with E-state index in [0.29, 0.717) is 22.6 Å². The van der Waals surface area contributed by atoms with E-state index in [1.165, 1.54) is 19.5 Å². The summed E-state index contributed by atoms with van der Waals surface area (Å²) in [5.74, 6) is -0.415. The van der Waals surface area contributed by atoms with E-state index in [1.807, 2.05) is 54.6 Å². The monoisotopic (exact) mass is 492 g/mol. The Morgan fingerprint density at radius 1 is 1.16 bits per heavy atom. The van der Waals surface area contributed by atoms with Gasteiger partial charge in [-0.25, -0.2) is 0 Å². The van der Waals surface area contributed by atoms with E-state index in [1.54, 1.807) is 0 Å². The molecule has 0 saturated heterocycles. The van der Waals surface area contributed by atoms with Gasteiger partial charge in [-0.15, -0.1) is 0 Å². The summed E-state index contributed by atoms with van der Waals surface area (Å²) in [4.78, 5) is 4.20. The zero-order valence-corrected chi connectivity index (χ0v) is 18.9. The first-order valence-corrected chi connectivity index (χ1v) is 11.1. The van der Waals surface area contributed by atoms with Crippen molar-refractivity contribution in [2.75, 3.05) is 7.11 Å². The van der Waals surface area contributed by atoms with Gasteiger partial charge in [-0.05, 0) is 23.3 Å². The van der Waals surface area contributed by atoms with Crippen molar-refractivity contribution in [3.8, 4) is 17.6 Å². The van der Waals surface area contributed by atoms with Gasteiger partial charge in [-0.2, -0.15) is 5.26 Å². The molecule has 3 aromatic rings. The van der Waals surface area contributed by atoms with E-state index in [4.69, 9.17) is 9.47 Å². The first-order valence-electron chi connectivity index (χ1n) is 10.3. The Bertz CT molecular complexity index is 1200. The number of rotatable bonds is 4. The van der Waals surface area contributed by atoms with E-state index in [-0.39, 0.29) is 6.42 Å². The topological polar surface area (TPSA) is 95.6 Å². The molecule has 2 aliphatic rings. The van der Waals surface area contributed by atoms with Crippen LogP contribution in [0.4, 0.5) is 0 Å². The van der Waals surface area contributed by atoms with Gasteiger partial charge in [-0.1, -0.05) is 58.4 Å². The quantitative estimate of drug-likeness (QED) is 0.570. The Balaban J connectivity index is 1.87. The van der Waals surface area contributed by atoms with E-state index in [0.717, 1.165) is 10.0 Å². The van der Waals surface area contributed by atoms with Crippen molar-refractivity contribution in [3.05, 3.63) is 88.2 Å². The molecule has 1 fully saturated rings. The molecule has 1 aliphatic carbocycles. The van der Waals surface area contributed by atoms with Gasteiger partial charge in [0.1, 0.15) is 11.5 Å². The number of hydrogen-bond acceptors (Lipinski definition) is 6. The van der Waals surface area contributed by atoms with E-state index < -0.39 is 29.1 Å². The Morgan fingerprint density at radius 2 is 1.88 bits per heavy atom. The maximum Gasteiger partial charge on any atom is 0.177 e. The van der Waals surface area contributed by atoms with Crippen LogP contribution in [0.3, 0.4) is 0 Å². The Hall–Kier alpha value is -2.92. The number of aromatic nitrogens is 1. The van der Waals surface area contributed by atoms with Crippen molar-refractivity contribution in [1.29, 1.82) is 5.26 Å². The zero-order valence-electron chi connectivity index (χ0n) is 17.3. The summed E-state index contributed by atoms with van der Waals surface area (Å²) >= 11 is 3.47. The predicted octanol–water partition coefficient (Wildman–Crippen LogP) is 4.02. The van der Waals surface area contributed by atoms with Gasteiger partial charge < -0.3 is 19.7 Å². The second kappa shape index (κ2) is 7.59. The van der Waals surface area contributed by atoms with E-state index >= 15 is 0 Å². The predicted molar refractivity (Wildman–Crippen MR) is 120 cm³/mol. The second-order valence-electron chi connectivity index (χ2n) is 8.19. The number of methoxy groups -OCH3 is 1. The van der Waals surface area contributed by atoms with E-state index in [2.05, 4.69) is 27.0 Å². The van der Waals surface area contributed by atoms with Crippen molar-refractivity contribution >= 4 is 15.9 Å². The molecule has 7 heteroatoms. The number of halogens is 1. The summed E-state index contributed by atoms with van der Waals surface area (Å²) in [6.45, 7) is 0. The molecule has 0 spiro atoms. The van der Waals surface area contributed by atoms with Crippen LogP contribution < -0.4 is 9.47 Å². The molecule has 1 aromatic heterocycles. The summed E-state index contributed by atoms with van der Waals surface area (Å²) in [6, 6.07) is 19.3. The fourth-order valence-corrected chi connectivity index (χ4v) is 5.83. The van der Waals surface area contributed by atoms with Crippen LogP contribution >= 0.6 is 15.9 Å². The van der Waals surface area contributed by atoms with Gasteiger partial charge in [0.25, 0.3) is 0 Å². The van der Waals surface area contributed by atoms with E-state index in [9.17, 15) is 15.5 Å². The molecular weight excluding hydrogens is 472 g/mol. The summed E-state index contributed by atoms with van der Waals surface area (Å²) < 4.78 is 13.0. The lowest BCUT2D eigenvalue weighted by Gasteiger charge is -2.41. The summed E-state index contributed by atoms with van der Waals surface area (Å²) in [5, 5.41) is 33.7. The summed E-state index contributed by atoms with van der Waals surface area (Å²) in [5.41, 5.74) is -1.35. The highest BCUT2D eigenvalue weighted by atomic mass is 79.9. The van der Waals surface area contributed by atoms with Crippen LogP contribution in [0.1, 0.15) is 29.0 Å². The normalized spacial score (nSPS) is 30.2. The third kappa shape index (κ3) is 2.61. The molecule has 5 rings (SSSR count). The van der Waals surface area contributed by atoms with Gasteiger partial charge >= 0.3 is 0 Å². The molecule has 32 heavy (non-hydrogen) atoms. The summed E-state index contributed by atoms with van der Waals surface area (Å²) in [6.07, 6.45) is 1.80. The molecule has 5 atom stereocenters. The molecule has 1 aliphatic heterocycles. The van der Waals surface area contributed by atoms with Gasteiger partial charge in [0.15, 0.2) is 11.2 Å². The molecule has 0 radical (unpaired) electrons. The highest BCUT2D eigenvalue weighted by molar-refractivity contribution is 9.10. The van der Waals surface area contributed by atoms with Crippen LogP contribution in [0.25, 0.3) is 0 Å². The van der Waals surface area contributed by atoms with Crippen molar-refractivity contribution in [2.45, 2.75) is 29.6 Å². The molecular formula is C25H21BrN2O4.